The number of fused-ring (bicyclic) bond motifs is 1. The molecule has 0 amide bonds. The molecule has 1 fully saturated rings. The molecular weight excluding hydrogens is 493 g/mol. The molecule has 6 nitrogen and oxygen atoms in total. The number of nitrogens with zero attached hydrogens (tertiary/aromatic N) is 3. The molecule has 1 saturated heterocycles. The number of ether oxygens (including phenoxy) is 1. The number of phenols is 1. The Morgan fingerprint density at radius 2 is 1.92 bits per heavy atom. The van der Waals surface area contributed by atoms with Crippen molar-refractivity contribution in [2.45, 2.75) is 25.5 Å². The van der Waals surface area contributed by atoms with E-state index in [1.807, 2.05) is 6.07 Å². The smallest absolute Gasteiger partial charge is 0.170 e. The zero-order valence-corrected chi connectivity index (χ0v) is 20.8. The Kier molecular flexibility index (Phi) is 6.69. The lowest BCUT2D eigenvalue weighted by Gasteiger charge is -2.38. The van der Waals surface area contributed by atoms with Gasteiger partial charge in [0, 0.05) is 43.4 Å². The molecule has 38 heavy (non-hydrogen) atoms. The molecule has 2 heterocycles. The van der Waals surface area contributed by atoms with Crippen LogP contribution in [0.1, 0.15) is 17.5 Å². The summed E-state index contributed by atoms with van der Waals surface area (Å²) in [7, 11) is 1.59. The minimum absolute atomic E-state index is 0.163. The first-order valence-corrected chi connectivity index (χ1v) is 12.1. The molecule has 2 atom stereocenters. The van der Waals surface area contributed by atoms with Gasteiger partial charge >= 0.3 is 0 Å². The van der Waals surface area contributed by atoms with Gasteiger partial charge in [0.25, 0.3) is 0 Å². The summed E-state index contributed by atoms with van der Waals surface area (Å²) in [6.07, 6.45) is 2.03. The van der Waals surface area contributed by atoms with Gasteiger partial charge in [0.15, 0.2) is 11.6 Å². The van der Waals surface area contributed by atoms with Gasteiger partial charge in [0.2, 0.25) is 0 Å². The first-order valence-electron chi connectivity index (χ1n) is 12.1. The van der Waals surface area contributed by atoms with E-state index in [1.165, 1.54) is 18.2 Å². The molecule has 1 aliphatic rings. The molecule has 1 aromatic heterocycles. The minimum atomic E-state index is -1.27. The Morgan fingerprint density at radius 3 is 2.63 bits per heavy atom. The summed E-state index contributed by atoms with van der Waals surface area (Å²) in [4.78, 5) is 6.64. The Balaban J connectivity index is 1.80. The van der Waals surface area contributed by atoms with Crippen molar-refractivity contribution in [2.24, 2.45) is 5.73 Å². The van der Waals surface area contributed by atoms with Crippen LogP contribution in [0.2, 0.25) is 0 Å². The average Bonchev–Trinajstić information content (AvgIpc) is 2.90. The van der Waals surface area contributed by atoms with E-state index in [9.17, 15) is 23.5 Å². The SMILES string of the molecule is CO[C@@H]1CN(c2c(-c3cc(C)cc(F)c3)cnc3ccc(-c4c(O)c(C#N)cc(F)c4F)cc23)CC[C@H]1N. The topological polar surface area (TPSA) is 95.4 Å². The van der Waals surface area contributed by atoms with Crippen LogP contribution in [-0.4, -0.2) is 42.4 Å². The monoisotopic (exact) mass is 518 g/mol. The summed E-state index contributed by atoms with van der Waals surface area (Å²) in [5.74, 6) is -3.56. The molecule has 0 bridgehead atoms. The number of aromatic nitrogens is 1. The second-order valence-corrected chi connectivity index (χ2v) is 9.50. The number of nitriles is 1. The van der Waals surface area contributed by atoms with Gasteiger partial charge in [-0.1, -0.05) is 12.1 Å². The Hall–Kier alpha value is -4.13. The number of pyridine rings is 1. The van der Waals surface area contributed by atoms with E-state index >= 15 is 0 Å². The maximum absolute atomic E-state index is 15.0. The number of hydrogen-bond acceptors (Lipinski definition) is 6. The second-order valence-electron chi connectivity index (χ2n) is 9.50. The van der Waals surface area contributed by atoms with E-state index in [2.05, 4.69) is 9.88 Å². The standard InChI is InChI=1S/C29H25F3N4O2/c1-15-7-17(9-19(30)8-15)21-13-35-24-4-3-16(26-27(32)22(31)11-18(12-33)29(26)37)10-20(24)28(21)36-6-5-23(34)25(14-36)38-2/h3-4,7-11,13,23,25,37H,5-6,14,34H2,1-2H3/t23-,25-/m1/s1. The van der Waals surface area contributed by atoms with Crippen molar-refractivity contribution in [1.82, 2.24) is 4.98 Å². The molecule has 1 aliphatic heterocycles. The van der Waals surface area contributed by atoms with Crippen LogP contribution in [0.4, 0.5) is 18.9 Å². The lowest BCUT2D eigenvalue weighted by atomic mass is 9.94. The van der Waals surface area contributed by atoms with Gasteiger partial charge < -0.3 is 20.5 Å². The molecule has 4 aromatic rings. The number of methoxy groups -OCH3 is 1. The van der Waals surface area contributed by atoms with E-state index < -0.39 is 28.8 Å². The van der Waals surface area contributed by atoms with E-state index in [-0.39, 0.29) is 23.3 Å². The van der Waals surface area contributed by atoms with Gasteiger partial charge in [-0.15, -0.1) is 0 Å². The van der Waals surface area contributed by atoms with Crippen LogP contribution < -0.4 is 10.6 Å². The predicted octanol–water partition coefficient (Wildman–Crippen LogP) is 5.42. The number of benzene rings is 3. The molecule has 9 heteroatoms. The van der Waals surface area contributed by atoms with Gasteiger partial charge in [0.05, 0.1) is 28.4 Å². The Morgan fingerprint density at radius 1 is 1.13 bits per heavy atom. The second kappa shape index (κ2) is 9.97. The lowest BCUT2D eigenvalue weighted by molar-refractivity contribution is 0.0731. The van der Waals surface area contributed by atoms with Crippen molar-refractivity contribution in [3.05, 3.63) is 77.2 Å². The molecule has 3 N–H and O–H groups in total. The maximum atomic E-state index is 15.0. The number of aromatic hydroxyl groups is 1. The Bertz CT molecular complexity index is 1580. The number of piperidine rings is 1. The average molecular weight is 519 g/mol. The summed E-state index contributed by atoms with van der Waals surface area (Å²) in [6.45, 7) is 2.81. The summed E-state index contributed by atoms with van der Waals surface area (Å²) in [5, 5.41) is 20.5. The van der Waals surface area contributed by atoms with Crippen molar-refractivity contribution in [3.8, 4) is 34.1 Å². The number of phenolic OH excluding ortho intramolecular Hbond substituents is 1. The zero-order valence-electron chi connectivity index (χ0n) is 20.8. The molecule has 0 unspecified atom stereocenters. The van der Waals surface area contributed by atoms with Crippen LogP contribution >= 0.6 is 0 Å². The van der Waals surface area contributed by atoms with E-state index in [0.29, 0.717) is 53.3 Å². The van der Waals surface area contributed by atoms with Crippen molar-refractivity contribution in [1.29, 1.82) is 5.26 Å². The first-order chi connectivity index (χ1) is 18.2. The van der Waals surface area contributed by atoms with Gasteiger partial charge in [-0.3, -0.25) is 4.98 Å². The van der Waals surface area contributed by atoms with Crippen LogP contribution in [-0.2, 0) is 4.74 Å². The Labute approximate surface area is 217 Å². The van der Waals surface area contributed by atoms with Crippen LogP contribution in [0.25, 0.3) is 33.2 Å². The summed E-state index contributed by atoms with van der Waals surface area (Å²) in [6, 6.07) is 11.6. The normalized spacial score (nSPS) is 17.6. The fourth-order valence-electron chi connectivity index (χ4n) is 5.13. The van der Waals surface area contributed by atoms with Gasteiger partial charge in [-0.25, -0.2) is 13.2 Å². The zero-order chi connectivity index (χ0) is 27.1. The summed E-state index contributed by atoms with van der Waals surface area (Å²) < 4.78 is 49.4. The largest absolute Gasteiger partial charge is 0.506 e. The molecular formula is C29H25F3N4O2. The van der Waals surface area contributed by atoms with Crippen LogP contribution in [0, 0.1) is 35.7 Å². The third-order valence-corrected chi connectivity index (χ3v) is 7.02. The van der Waals surface area contributed by atoms with Crippen LogP contribution in [0.5, 0.6) is 5.75 Å². The van der Waals surface area contributed by atoms with Crippen LogP contribution in [0.3, 0.4) is 0 Å². The van der Waals surface area contributed by atoms with Crippen LogP contribution in [0.15, 0.2) is 48.7 Å². The quantitative estimate of drug-likeness (QED) is 0.374. The molecule has 0 saturated carbocycles. The fourth-order valence-corrected chi connectivity index (χ4v) is 5.13. The minimum Gasteiger partial charge on any atom is -0.506 e. The summed E-state index contributed by atoms with van der Waals surface area (Å²) >= 11 is 0. The van der Waals surface area contributed by atoms with Crippen molar-refractivity contribution < 1.29 is 23.0 Å². The molecule has 194 valence electrons. The van der Waals surface area contributed by atoms with Crippen molar-refractivity contribution in [2.75, 3.05) is 25.1 Å². The van der Waals surface area contributed by atoms with Crippen molar-refractivity contribution in [3.63, 3.8) is 0 Å². The molecule has 3 aromatic carbocycles. The highest BCUT2D eigenvalue weighted by Crippen LogP contribution is 2.42. The number of halogens is 3. The molecule has 0 aliphatic carbocycles. The number of anilines is 1. The van der Waals surface area contributed by atoms with Gasteiger partial charge in [-0.05, 0) is 60.4 Å². The maximum Gasteiger partial charge on any atom is 0.170 e. The molecule has 0 radical (unpaired) electrons. The predicted molar refractivity (Wildman–Crippen MR) is 139 cm³/mol. The van der Waals surface area contributed by atoms with E-state index in [0.717, 1.165) is 5.56 Å². The number of aryl methyl sites for hydroxylation is 1. The first kappa shape index (κ1) is 25.5. The summed E-state index contributed by atoms with van der Waals surface area (Å²) in [5.41, 5.74) is 8.86. The highest BCUT2D eigenvalue weighted by molar-refractivity contribution is 6.02. The van der Waals surface area contributed by atoms with Crippen molar-refractivity contribution >= 4 is 16.6 Å². The molecule has 5 rings (SSSR count). The third-order valence-electron chi connectivity index (χ3n) is 7.02. The lowest BCUT2D eigenvalue weighted by Crippen LogP contribution is -2.51. The third kappa shape index (κ3) is 4.42. The number of nitrogens with two attached hydrogens (primary N) is 1. The van der Waals surface area contributed by atoms with E-state index in [4.69, 9.17) is 10.5 Å². The number of hydrogen-bond donors (Lipinski definition) is 2. The van der Waals surface area contributed by atoms with Gasteiger partial charge in [0.1, 0.15) is 17.6 Å². The van der Waals surface area contributed by atoms with E-state index in [1.54, 1.807) is 38.4 Å². The number of rotatable bonds is 4. The highest BCUT2D eigenvalue weighted by Gasteiger charge is 2.30. The van der Waals surface area contributed by atoms with Gasteiger partial charge in [-0.2, -0.15) is 5.26 Å². The highest BCUT2D eigenvalue weighted by atomic mass is 19.2. The molecule has 0 spiro atoms. The fraction of sp³-hybridized carbons (Fsp3) is 0.241.